The second-order valence-corrected chi connectivity index (χ2v) is 5.20. The zero-order valence-corrected chi connectivity index (χ0v) is 11.0. The number of hydrogen-bond acceptors (Lipinski definition) is 3. The number of benzene rings is 1. The van der Waals surface area contributed by atoms with Crippen LogP contribution in [-0.2, 0) is 4.79 Å². The van der Waals surface area contributed by atoms with Gasteiger partial charge in [-0.05, 0) is 24.3 Å². The van der Waals surface area contributed by atoms with E-state index in [0.29, 0.717) is 6.54 Å². The molecule has 3 N–H and O–H groups in total. The summed E-state index contributed by atoms with van der Waals surface area (Å²) in [6.45, 7) is 0.549. The molecule has 1 aromatic rings. The minimum atomic E-state index is -0.878. The molecule has 19 heavy (non-hydrogen) atoms. The van der Waals surface area contributed by atoms with Crippen molar-refractivity contribution in [2.24, 2.45) is 5.92 Å². The topological polar surface area (TPSA) is 69.6 Å². The van der Waals surface area contributed by atoms with Gasteiger partial charge in [0.1, 0.15) is 6.04 Å². The van der Waals surface area contributed by atoms with Crippen LogP contribution in [-0.4, -0.2) is 28.8 Å². The van der Waals surface area contributed by atoms with E-state index in [9.17, 15) is 15.0 Å². The molecule has 3 atom stereocenters. The minimum absolute atomic E-state index is 0.166. The van der Waals surface area contributed by atoms with Gasteiger partial charge in [0.15, 0.2) is 0 Å². The molecule has 4 heteroatoms. The maximum atomic E-state index is 11.3. The van der Waals surface area contributed by atoms with Crippen molar-refractivity contribution in [3.8, 4) is 0 Å². The molecular formula is C15H21NO3. The molecule has 1 aliphatic rings. The van der Waals surface area contributed by atoms with Crippen molar-refractivity contribution in [2.45, 2.75) is 37.8 Å². The maximum Gasteiger partial charge on any atom is 0.325 e. The lowest BCUT2D eigenvalue weighted by Crippen LogP contribution is -2.38. The van der Waals surface area contributed by atoms with Crippen molar-refractivity contribution >= 4 is 5.97 Å². The Bertz CT molecular complexity index is 407. The summed E-state index contributed by atoms with van der Waals surface area (Å²) >= 11 is 0. The Kier molecular flexibility index (Phi) is 4.93. The fourth-order valence-corrected chi connectivity index (χ4v) is 2.69. The number of carbonyl (C=O) groups is 1. The van der Waals surface area contributed by atoms with Gasteiger partial charge in [0, 0.05) is 6.54 Å². The fraction of sp³-hybridized carbons (Fsp3) is 0.533. The van der Waals surface area contributed by atoms with Gasteiger partial charge in [-0.3, -0.25) is 4.79 Å². The average molecular weight is 263 g/mol. The van der Waals surface area contributed by atoms with Gasteiger partial charge in [0.2, 0.25) is 0 Å². The summed E-state index contributed by atoms with van der Waals surface area (Å²) in [6, 6.07) is 8.46. The van der Waals surface area contributed by atoms with Gasteiger partial charge in [-0.25, -0.2) is 0 Å². The molecule has 2 rings (SSSR count). The third kappa shape index (κ3) is 3.78. The first kappa shape index (κ1) is 14.0. The minimum Gasteiger partial charge on any atom is -0.480 e. The Balaban J connectivity index is 1.96. The molecule has 0 aromatic heterocycles. The summed E-state index contributed by atoms with van der Waals surface area (Å²) in [6.07, 6.45) is 3.68. The average Bonchev–Trinajstić information content (AvgIpc) is 2.42. The van der Waals surface area contributed by atoms with Gasteiger partial charge in [-0.1, -0.05) is 43.2 Å². The lowest BCUT2D eigenvalue weighted by Gasteiger charge is -2.29. The summed E-state index contributed by atoms with van der Waals surface area (Å²) in [5, 5.41) is 22.3. The number of carboxylic acid groups (broad SMARTS) is 1. The van der Waals surface area contributed by atoms with Crippen LogP contribution in [0.4, 0.5) is 0 Å². The van der Waals surface area contributed by atoms with Gasteiger partial charge >= 0.3 is 5.97 Å². The van der Waals surface area contributed by atoms with Crippen LogP contribution in [0.1, 0.15) is 37.3 Å². The summed E-state index contributed by atoms with van der Waals surface area (Å²) < 4.78 is 0. The van der Waals surface area contributed by atoms with Crippen LogP contribution in [0, 0.1) is 5.92 Å². The van der Waals surface area contributed by atoms with Crippen molar-refractivity contribution < 1.29 is 15.0 Å². The number of nitrogens with one attached hydrogen (secondary N) is 1. The molecule has 0 radical (unpaired) electrons. The molecule has 0 bridgehead atoms. The van der Waals surface area contributed by atoms with Gasteiger partial charge in [0.05, 0.1) is 6.10 Å². The van der Waals surface area contributed by atoms with Crippen LogP contribution in [0.3, 0.4) is 0 Å². The van der Waals surface area contributed by atoms with Gasteiger partial charge in [0.25, 0.3) is 0 Å². The number of aliphatic hydroxyl groups is 1. The Morgan fingerprint density at radius 1 is 1.26 bits per heavy atom. The van der Waals surface area contributed by atoms with Crippen LogP contribution in [0.25, 0.3) is 0 Å². The molecule has 1 fully saturated rings. The molecule has 0 spiro atoms. The molecule has 0 aliphatic heterocycles. The molecule has 0 saturated heterocycles. The van der Waals surface area contributed by atoms with Gasteiger partial charge < -0.3 is 15.5 Å². The van der Waals surface area contributed by atoms with Gasteiger partial charge in [-0.15, -0.1) is 0 Å². The van der Waals surface area contributed by atoms with Crippen LogP contribution in [0.15, 0.2) is 30.3 Å². The summed E-state index contributed by atoms with van der Waals surface area (Å²) in [4.78, 5) is 11.3. The molecule has 1 aliphatic carbocycles. The zero-order valence-electron chi connectivity index (χ0n) is 11.0. The van der Waals surface area contributed by atoms with Crippen LogP contribution in [0.5, 0.6) is 0 Å². The third-order valence-electron chi connectivity index (χ3n) is 3.83. The SMILES string of the molecule is O=C(O)C(NCC1CCCCC1O)c1ccccc1. The first-order chi connectivity index (χ1) is 9.18. The molecule has 0 amide bonds. The van der Waals surface area contributed by atoms with Crippen molar-refractivity contribution in [3.63, 3.8) is 0 Å². The van der Waals surface area contributed by atoms with E-state index < -0.39 is 12.0 Å². The lowest BCUT2D eigenvalue weighted by molar-refractivity contribution is -0.139. The normalized spacial score (nSPS) is 24.9. The second-order valence-electron chi connectivity index (χ2n) is 5.20. The van der Waals surface area contributed by atoms with Crippen molar-refractivity contribution in [3.05, 3.63) is 35.9 Å². The van der Waals surface area contributed by atoms with E-state index in [4.69, 9.17) is 0 Å². The highest BCUT2D eigenvalue weighted by atomic mass is 16.4. The molecule has 3 unspecified atom stereocenters. The molecule has 104 valence electrons. The second kappa shape index (κ2) is 6.68. The van der Waals surface area contributed by atoms with E-state index in [1.807, 2.05) is 30.3 Å². The summed E-state index contributed by atoms with van der Waals surface area (Å²) in [7, 11) is 0. The number of hydrogen-bond donors (Lipinski definition) is 3. The van der Waals surface area contributed by atoms with E-state index in [2.05, 4.69) is 5.32 Å². The number of carboxylic acids is 1. The molecule has 1 aromatic carbocycles. The van der Waals surface area contributed by atoms with Crippen molar-refractivity contribution in [1.29, 1.82) is 0 Å². The lowest BCUT2D eigenvalue weighted by atomic mass is 9.86. The van der Waals surface area contributed by atoms with Crippen LogP contribution >= 0.6 is 0 Å². The first-order valence-electron chi connectivity index (χ1n) is 6.87. The van der Waals surface area contributed by atoms with E-state index >= 15 is 0 Å². The standard InChI is InChI=1S/C15H21NO3/c17-13-9-5-4-8-12(13)10-16-14(15(18)19)11-6-2-1-3-7-11/h1-3,6-7,12-14,16-17H,4-5,8-10H2,(H,18,19). The van der Waals surface area contributed by atoms with E-state index in [0.717, 1.165) is 31.2 Å². The first-order valence-corrected chi connectivity index (χ1v) is 6.87. The Hall–Kier alpha value is -1.39. The predicted molar refractivity (Wildman–Crippen MR) is 72.8 cm³/mol. The molecular weight excluding hydrogens is 242 g/mol. The van der Waals surface area contributed by atoms with E-state index in [1.54, 1.807) is 0 Å². The maximum absolute atomic E-state index is 11.3. The largest absolute Gasteiger partial charge is 0.480 e. The van der Waals surface area contributed by atoms with Crippen LogP contribution < -0.4 is 5.32 Å². The fourth-order valence-electron chi connectivity index (χ4n) is 2.69. The highest BCUT2D eigenvalue weighted by Crippen LogP contribution is 2.24. The van der Waals surface area contributed by atoms with E-state index in [1.165, 1.54) is 0 Å². The number of aliphatic carboxylic acids is 1. The summed E-state index contributed by atoms with van der Waals surface area (Å²) in [5.74, 6) is -0.712. The monoisotopic (exact) mass is 263 g/mol. The van der Waals surface area contributed by atoms with Crippen LogP contribution in [0.2, 0.25) is 0 Å². The smallest absolute Gasteiger partial charge is 0.325 e. The zero-order chi connectivity index (χ0) is 13.7. The van der Waals surface area contributed by atoms with Gasteiger partial charge in [-0.2, -0.15) is 0 Å². The van der Waals surface area contributed by atoms with Crippen molar-refractivity contribution in [1.82, 2.24) is 5.32 Å². The third-order valence-corrected chi connectivity index (χ3v) is 3.83. The molecule has 4 nitrogen and oxygen atoms in total. The number of aliphatic hydroxyl groups excluding tert-OH is 1. The van der Waals surface area contributed by atoms with E-state index in [-0.39, 0.29) is 12.0 Å². The van der Waals surface area contributed by atoms with Crippen molar-refractivity contribution in [2.75, 3.05) is 6.54 Å². The Morgan fingerprint density at radius 3 is 2.58 bits per heavy atom. The predicted octanol–water partition coefficient (Wildman–Crippen LogP) is 1.95. The highest BCUT2D eigenvalue weighted by molar-refractivity contribution is 5.75. The Morgan fingerprint density at radius 2 is 1.95 bits per heavy atom. The molecule has 1 saturated carbocycles. The number of rotatable bonds is 5. The quantitative estimate of drug-likeness (QED) is 0.759. The highest BCUT2D eigenvalue weighted by Gasteiger charge is 2.26. The Labute approximate surface area is 113 Å². The molecule has 0 heterocycles. The summed E-state index contributed by atoms with van der Waals surface area (Å²) in [5.41, 5.74) is 0.750.